The molecular formula is C20H15BrClN3O3. The van der Waals surface area contributed by atoms with Crippen molar-refractivity contribution in [1.82, 2.24) is 0 Å². The Bertz CT molecular complexity index is 1020. The van der Waals surface area contributed by atoms with Crippen LogP contribution in [0.4, 0.5) is 5.69 Å². The molecule has 0 saturated heterocycles. The minimum atomic E-state index is -0.567. The smallest absolute Gasteiger partial charge is 0.266 e. The number of carbonyl (C=O) groups is 1. The zero-order valence-electron chi connectivity index (χ0n) is 15.0. The fourth-order valence-corrected chi connectivity index (χ4v) is 3.01. The maximum atomic E-state index is 12.4. The molecule has 8 heteroatoms. The number of hydrogen-bond donors (Lipinski definition) is 1. The molecule has 0 aliphatic carbocycles. The van der Waals surface area contributed by atoms with Gasteiger partial charge in [0, 0.05) is 10.7 Å². The summed E-state index contributed by atoms with van der Waals surface area (Å²) in [6, 6.07) is 12.1. The molecule has 2 aromatic carbocycles. The van der Waals surface area contributed by atoms with Crippen molar-refractivity contribution in [2.24, 2.45) is 0 Å². The van der Waals surface area contributed by atoms with Gasteiger partial charge in [0.25, 0.3) is 5.91 Å². The van der Waals surface area contributed by atoms with Crippen molar-refractivity contribution in [1.29, 1.82) is 10.5 Å². The van der Waals surface area contributed by atoms with Gasteiger partial charge in [-0.05, 0) is 64.3 Å². The second kappa shape index (κ2) is 9.80. The van der Waals surface area contributed by atoms with Crippen molar-refractivity contribution in [2.45, 2.75) is 6.92 Å². The monoisotopic (exact) mass is 459 g/mol. The molecule has 1 N–H and O–H groups in total. The van der Waals surface area contributed by atoms with Gasteiger partial charge >= 0.3 is 0 Å². The lowest BCUT2D eigenvalue weighted by Crippen LogP contribution is -2.13. The molecule has 0 aliphatic heterocycles. The largest absolute Gasteiger partial charge is 0.493 e. The van der Waals surface area contributed by atoms with Gasteiger partial charge in [-0.25, -0.2) is 0 Å². The lowest BCUT2D eigenvalue weighted by Gasteiger charge is -2.12. The van der Waals surface area contributed by atoms with E-state index in [0.29, 0.717) is 32.2 Å². The molecule has 0 spiro atoms. The summed E-state index contributed by atoms with van der Waals surface area (Å²) in [5, 5.41) is 21.2. The van der Waals surface area contributed by atoms with E-state index in [4.69, 9.17) is 26.3 Å². The average molecular weight is 461 g/mol. The summed E-state index contributed by atoms with van der Waals surface area (Å²) < 4.78 is 11.1. The van der Waals surface area contributed by atoms with Gasteiger partial charge in [-0.3, -0.25) is 4.79 Å². The summed E-state index contributed by atoms with van der Waals surface area (Å²) in [5.41, 5.74) is 1.81. The molecule has 28 heavy (non-hydrogen) atoms. The van der Waals surface area contributed by atoms with Crippen LogP contribution in [0.3, 0.4) is 0 Å². The van der Waals surface area contributed by atoms with Crippen LogP contribution in [0, 0.1) is 29.6 Å². The van der Waals surface area contributed by atoms with E-state index in [9.17, 15) is 10.1 Å². The number of nitriles is 2. The number of benzene rings is 2. The van der Waals surface area contributed by atoms with E-state index in [1.165, 1.54) is 13.2 Å². The number of hydrogen-bond acceptors (Lipinski definition) is 5. The van der Waals surface area contributed by atoms with E-state index >= 15 is 0 Å². The first-order valence-electron chi connectivity index (χ1n) is 7.96. The highest BCUT2D eigenvalue weighted by atomic mass is 79.9. The summed E-state index contributed by atoms with van der Waals surface area (Å²) in [6.07, 6.45) is 1.42. The molecule has 0 saturated carbocycles. The Morgan fingerprint density at radius 2 is 2.07 bits per heavy atom. The van der Waals surface area contributed by atoms with Gasteiger partial charge in [0.15, 0.2) is 18.1 Å². The molecule has 142 valence electrons. The second-order valence-corrected chi connectivity index (χ2v) is 6.83. The van der Waals surface area contributed by atoms with Crippen molar-refractivity contribution in [3.8, 4) is 23.6 Å². The Hall–Kier alpha value is -3.00. The number of methoxy groups -OCH3 is 1. The maximum Gasteiger partial charge on any atom is 0.266 e. The Morgan fingerprint density at radius 1 is 1.32 bits per heavy atom. The quantitative estimate of drug-likeness (QED) is 0.490. The lowest BCUT2D eigenvalue weighted by atomic mass is 10.1. The van der Waals surface area contributed by atoms with Gasteiger partial charge in [-0.15, -0.1) is 0 Å². The fourth-order valence-electron chi connectivity index (χ4n) is 2.25. The van der Waals surface area contributed by atoms with Gasteiger partial charge in [-0.2, -0.15) is 10.5 Å². The Kier molecular flexibility index (Phi) is 7.45. The van der Waals surface area contributed by atoms with E-state index < -0.39 is 5.91 Å². The van der Waals surface area contributed by atoms with Crippen LogP contribution in [0.15, 0.2) is 40.4 Å². The van der Waals surface area contributed by atoms with Gasteiger partial charge in [0.1, 0.15) is 17.7 Å². The van der Waals surface area contributed by atoms with E-state index in [2.05, 4.69) is 21.2 Å². The summed E-state index contributed by atoms with van der Waals surface area (Å²) in [4.78, 5) is 12.4. The van der Waals surface area contributed by atoms with E-state index in [1.807, 2.05) is 19.1 Å². The van der Waals surface area contributed by atoms with E-state index in [-0.39, 0.29) is 12.2 Å². The number of aryl methyl sites for hydroxylation is 1. The minimum Gasteiger partial charge on any atom is -0.493 e. The second-order valence-electron chi connectivity index (χ2n) is 5.57. The lowest BCUT2D eigenvalue weighted by molar-refractivity contribution is -0.112. The average Bonchev–Trinajstić information content (AvgIpc) is 2.67. The summed E-state index contributed by atoms with van der Waals surface area (Å²) in [5.74, 6) is 0.152. The van der Waals surface area contributed by atoms with Crippen LogP contribution in [0.2, 0.25) is 5.02 Å². The van der Waals surface area contributed by atoms with Crippen molar-refractivity contribution >= 4 is 45.2 Å². The van der Waals surface area contributed by atoms with Gasteiger partial charge in [0.05, 0.1) is 11.6 Å². The van der Waals surface area contributed by atoms with Crippen LogP contribution in [-0.2, 0) is 4.79 Å². The van der Waals surface area contributed by atoms with Crippen LogP contribution in [0.5, 0.6) is 11.5 Å². The van der Waals surface area contributed by atoms with Gasteiger partial charge in [-0.1, -0.05) is 17.7 Å². The first-order valence-corrected chi connectivity index (χ1v) is 9.13. The molecule has 6 nitrogen and oxygen atoms in total. The molecular weight excluding hydrogens is 446 g/mol. The summed E-state index contributed by atoms with van der Waals surface area (Å²) >= 11 is 9.40. The predicted molar refractivity (Wildman–Crippen MR) is 110 cm³/mol. The molecule has 0 fully saturated rings. The third-order valence-electron chi connectivity index (χ3n) is 3.64. The standard InChI is InChI=1S/C20H15BrClN3O3/c1-12-3-4-15(10-17(12)22)25-20(26)14(11-24)7-13-8-16(21)19(28-6-5-23)18(9-13)27-2/h3-4,7-10H,6H2,1-2H3,(H,25,26)/b14-7-. The van der Waals surface area contributed by atoms with Crippen molar-refractivity contribution in [2.75, 3.05) is 19.0 Å². The zero-order valence-corrected chi connectivity index (χ0v) is 17.4. The highest BCUT2D eigenvalue weighted by molar-refractivity contribution is 9.10. The van der Waals surface area contributed by atoms with Crippen molar-refractivity contribution in [3.63, 3.8) is 0 Å². The fraction of sp³-hybridized carbons (Fsp3) is 0.150. The highest BCUT2D eigenvalue weighted by Crippen LogP contribution is 2.37. The molecule has 0 atom stereocenters. The van der Waals surface area contributed by atoms with Crippen LogP contribution < -0.4 is 14.8 Å². The van der Waals surface area contributed by atoms with Crippen LogP contribution in [0.25, 0.3) is 6.08 Å². The van der Waals surface area contributed by atoms with E-state index in [0.717, 1.165) is 5.56 Å². The maximum absolute atomic E-state index is 12.4. The minimum absolute atomic E-state index is 0.101. The molecule has 0 unspecified atom stereocenters. The predicted octanol–water partition coefficient (Wildman–Crippen LogP) is 4.87. The number of anilines is 1. The molecule has 0 heterocycles. The normalized spacial score (nSPS) is 10.6. The molecule has 2 aromatic rings. The molecule has 0 aromatic heterocycles. The number of nitrogens with zero attached hydrogens (tertiary/aromatic N) is 2. The SMILES string of the molecule is COc1cc(/C=C(/C#N)C(=O)Nc2ccc(C)c(Cl)c2)cc(Br)c1OCC#N. The molecule has 1 amide bonds. The molecule has 0 aliphatic rings. The number of nitrogens with one attached hydrogen (secondary N) is 1. The summed E-state index contributed by atoms with van der Waals surface area (Å²) in [7, 11) is 1.45. The number of rotatable bonds is 6. The first kappa shape index (κ1) is 21.3. The third kappa shape index (κ3) is 5.26. The topological polar surface area (TPSA) is 95.1 Å². The zero-order chi connectivity index (χ0) is 20.7. The first-order chi connectivity index (χ1) is 13.4. The van der Waals surface area contributed by atoms with Crippen LogP contribution in [-0.4, -0.2) is 19.6 Å². The number of carbonyl (C=O) groups excluding carboxylic acids is 1. The van der Waals surface area contributed by atoms with Crippen LogP contribution >= 0.6 is 27.5 Å². The Balaban J connectivity index is 2.31. The number of ether oxygens (including phenoxy) is 2. The van der Waals surface area contributed by atoms with Gasteiger partial charge in [0.2, 0.25) is 0 Å². The molecule has 2 rings (SSSR count). The Morgan fingerprint density at radius 3 is 2.68 bits per heavy atom. The van der Waals surface area contributed by atoms with Crippen molar-refractivity contribution in [3.05, 3.63) is 56.5 Å². The van der Waals surface area contributed by atoms with Crippen molar-refractivity contribution < 1.29 is 14.3 Å². The number of amides is 1. The number of halogens is 2. The van der Waals surface area contributed by atoms with Crippen LogP contribution in [0.1, 0.15) is 11.1 Å². The van der Waals surface area contributed by atoms with E-state index in [1.54, 1.807) is 30.3 Å². The molecule has 0 radical (unpaired) electrons. The highest BCUT2D eigenvalue weighted by Gasteiger charge is 2.14. The summed E-state index contributed by atoms with van der Waals surface area (Å²) in [6.45, 7) is 1.71. The van der Waals surface area contributed by atoms with Gasteiger partial charge < -0.3 is 14.8 Å². The third-order valence-corrected chi connectivity index (χ3v) is 4.63. The Labute approximate surface area is 176 Å². The molecule has 0 bridgehead atoms.